The van der Waals surface area contributed by atoms with E-state index in [9.17, 15) is 0 Å². The molecule has 15 nitrogen and oxygen atoms in total. The van der Waals surface area contributed by atoms with Gasteiger partial charge in [-0.1, -0.05) is 0 Å². The Balaban J connectivity index is 1.58. The maximum Gasteiger partial charge on any atom is 0.232 e. The molecule has 3 aliphatic heterocycles. The summed E-state index contributed by atoms with van der Waals surface area (Å²) in [7, 11) is 0. The van der Waals surface area contributed by atoms with Crippen LogP contribution < -0.4 is 62.6 Å². The van der Waals surface area contributed by atoms with Crippen molar-refractivity contribution < 1.29 is 0 Å². The zero-order valence-electron chi connectivity index (χ0n) is 29.9. The first kappa shape index (κ1) is 38.8. The first-order valence-electron chi connectivity index (χ1n) is 19.3. The fraction of sp³-hybridized carbons (Fsp3) is 0.909. The molecule has 0 aromatic carbocycles. The van der Waals surface area contributed by atoms with Crippen molar-refractivity contribution >= 4 is 17.8 Å². The van der Waals surface area contributed by atoms with Gasteiger partial charge in [0.1, 0.15) is 0 Å². The van der Waals surface area contributed by atoms with Gasteiger partial charge in [-0.25, -0.2) is 0 Å². The first-order valence-corrected chi connectivity index (χ1v) is 19.3. The molecule has 0 saturated carbocycles. The molecule has 0 spiro atoms. The van der Waals surface area contributed by atoms with Crippen LogP contribution in [0, 0.1) is 0 Å². The maximum absolute atomic E-state index is 5.27. The van der Waals surface area contributed by atoms with Gasteiger partial charge in [0.15, 0.2) is 0 Å². The van der Waals surface area contributed by atoms with Crippen LogP contribution >= 0.6 is 0 Å². The predicted molar refractivity (Wildman–Crippen MR) is 199 cm³/mol. The summed E-state index contributed by atoms with van der Waals surface area (Å²) >= 11 is 0. The Morgan fingerprint density at radius 1 is 0.271 bits per heavy atom. The van der Waals surface area contributed by atoms with Crippen LogP contribution in [0.5, 0.6) is 0 Å². The zero-order valence-corrected chi connectivity index (χ0v) is 29.9. The monoisotopic (exact) mass is 676 g/mol. The lowest BCUT2D eigenvalue weighted by Gasteiger charge is -2.30. The molecule has 4 heterocycles. The van der Waals surface area contributed by atoms with E-state index in [0.29, 0.717) is 0 Å². The average molecular weight is 676 g/mol. The summed E-state index contributed by atoms with van der Waals surface area (Å²) in [5.74, 6) is 2.45. The second kappa shape index (κ2) is 25.9. The summed E-state index contributed by atoms with van der Waals surface area (Å²) in [4.78, 5) is 23.0. The van der Waals surface area contributed by atoms with E-state index in [-0.39, 0.29) is 0 Å². The molecule has 15 heteroatoms. The second-order valence-corrected chi connectivity index (χ2v) is 13.2. The van der Waals surface area contributed by atoms with E-state index < -0.39 is 0 Å². The molecule has 0 aliphatic carbocycles. The molecule has 1 aromatic heterocycles. The van der Waals surface area contributed by atoms with E-state index >= 15 is 0 Å². The summed E-state index contributed by atoms with van der Waals surface area (Å²) in [6.07, 6.45) is 10.00. The molecule has 9 N–H and O–H groups in total. The van der Waals surface area contributed by atoms with E-state index in [0.717, 1.165) is 213 Å². The largest absolute Gasteiger partial charge is 0.339 e. The Bertz CT molecular complexity index is 756. The lowest BCUT2D eigenvalue weighted by Crippen LogP contribution is -2.40. The van der Waals surface area contributed by atoms with Crippen LogP contribution in [0.1, 0.15) is 57.8 Å². The summed E-state index contributed by atoms with van der Waals surface area (Å²) < 4.78 is 0. The number of rotatable bonds is 3. The van der Waals surface area contributed by atoms with Gasteiger partial charge in [0.05, 0.1) is 0 Å². The highest BCUT2D eigenvalue weighted by molar-refractivity contribution is 5.47. The molecule has 1 aromatic rings. The third kappa shape index (κ3) is 16.6. The van der Waals surface area contributed by atoms with Crippen molar-refractivity contribution in [3.05, 3.63) is 0 Å². The van der Waals surface area contributed by atoms with E-state index in [2.05, 4.69) is 62.6 Å². The molecular weight excluding hydrogens is 606 g/mol. The topological polar surface area (TPSA) is 157 Å². The van der Waals surface area contributed by atoms with Crippen LogP contribution in [0.3, 0.4) is 0 Å². The third-order valence-electron chi connectivity index (χ3n) is 9.09. The summed E-state index contributed by atoms with van der Waals surface area (Å²) in [6.45, 7) is 20.0. The van der Waals surface area contributed by atoms with Crippen LogP contribution in [-0.4, -0.2) is 153 Å². The Kier molecular flexibility index (Phi) is 21.0. The zero-order chi connectivity index (χ0) is 33.2. The molecule has 276 valence electrons. The molecule has 0 bridgehead atoms. The van der Waals surface area contributed by atoms with Crippen LogP contribution in [0.2, 0.25) is 0 Å². The van der Waals surface area contributed by atoms with Crippen molar-refractivity contribution in [2.45, 2.75) is 57.8 Å². The van der Waals surface area contributed by atoms with Crippen LogP contribution in [-0.2, 0) is 0 Å². The molecular formula is C33H69N15. The standard InChI is InChI=1S/C33H69N15/c1-4-22-46(25-19-34-13-7-16-40-28-37-10-1)31-43-32(47-23-5-2-11-38-29-41-17-8-14-35-20-26-47)45-33(44-31)48-24-6-3-12-39-30-42-18-9-15-36-21-27-48/h34-42H,1-30H2. The van der Waals surface area contributed by atoms with Gasteiger partial charge in [-0.05, 0) is 117 Å². The SMILES string of the molecule is C1CCN(c2nc(N3CCCCNCNCCCNCC3)nc(N3CCCCNCNCCCNCC3)n2)CCNCCCNCNC1. The molecule has 0 unspecified atom stereocenters. The molecule has 48 heavy (non-hydrogen) atoms. The molecule has 3 fully saturated rings. The minimum atomic E-state index is 0.818. The van der Waals surface area contributed by atoms with Gasteiger partial charge >= 0.3 is 0 Å². The van der Waals surface area contributed by atoms with Crippen molar-refractivity contribution in [1.29, 1.82) is 0 Å². The molecule has 0 radical (unpaired) electrons. The first-order chi connectivity index (χ1) is 23.9. The molecule has 0 amide bonds. The summed E-state index contributed by atoms with van der Waals surface area (Å²) in [5, 5.41) is 32.1. The van der Waals surface area contributed by atoms with Crippen molar-refractivity contribution in [3.8, 4) is 0 Å². The number of hydrogen-bond donors (Lipinski definition) is 9. The number of nitrogens with one attached hydrogen (secondary N) is 9. The smallest absolute Gasteiger partial charge is 0.232 e. The quantitative estimate of drug-likeness (QED) is 0.193. The molecule has 4 rings (SSSR count). The minimum absolute atomic E-state index is 0.818. The fourth-order valence-corrected chi connectivity index (χ4v) is 6.19. The highest BCUT2D eigenvalue weighted by Gasteiger charge is 2.21. The molecule has 3 aliphatic rings. The number of anilines is 3. The maximum atomic E-state index is 5.27. The number of nitrogens with zero attached hydrogens (tertiary/aromatic N) is 6. The van der Waals surface area contributed by atoms with E-state index in [1.807, 2.05) is 0 Å². The van der Waals surface area contributed by atoms with Crippen molar-refractivity contribution in [2.24, 2.45) is 0 Å². The van der Waals surface area contributed by atoms with Crippen LogP contribution in [0.25, 0.3) is 0 Å². The van der Waals surface area contributed by atoms with Gasteiger partial charge in [0.2, 0.25) is 17.8 Å². The van der Waals surface area contributed by atoms with Gasteiger partial charge < -0.3 is 62.6 Å². The Hall–Kier alpha value is -1.95. The lowest BCUT2D eigenvalue weighted by atomic mass is 10.2. The van der Waals surface area contributed by atoms with E-state index in [1.165, 1.54) is 0 Å². The highest BCUT2D eigenvalue weighted by Crippen LogP contribution is 2.21. The summed E-state index contributed by atoms with van der Waals surface area (Å²) in [6, 6.07) is 0. The lowest BCUT2D eigenvalue weighted by molar-refractivity contribution is 0.519. The van der Waals surface area contributed by atoms with Gasteiger partial charge in [0, 0.05) is 78.9 Å². The summed E-state index contributed by atoms with van der Waals surface area (Å²) in [5.41, 5.74) is 0. The van der Waals surface area contributed by atoms with Gasteiger partial charge in [-0.2, -0.15) is 15.0 Å². The van der Waals surface area contributed by atoms with Crippen LogP contribution in [0.15, 0.2) is 0 Å². The Morgan fingerprint density at radius 2 is 0.542 bits per heavy atom. The van der Waals surface area contributed by atoms with E-state index in [1.54, 1.807) is 0 Å². The van der Waals surface area contributed by atoms with Crippen molar-refractivity contribution in [3.63, 3.8) is 0 Å². The second-order valence-electron chi connectivity index (χ2n) is 13.2. The number of hydrogen-bond acceptors (Lipinski definition) is 15. The predicted octanol–water partition coefficient (Wildman–Crippen LogP) is -0.979. The van der Waals surface area contributed by atoms with Crippen molar-refractivity contribution in [2.75, 3.05) is 153 Å². The Labute approximate surface area is 290 Å². The average Bonchev–Trinajstić information content (AvgIpc) is 3.10. The molecule has 3 saturated heterocycles. The van der Waals surface area contributed by atoms with E-state index in [4.69, 9.17) is 15.0 Å². The minimum Gasteiger partial charge on any atom is -0.339 e. The fourth-order valence-electron chi connectivity index (χ4n) is 6.19. The van der Waals surface area contributed by atoms with Crippen LogP contribution in [0.4, 0.5) is 17.8 Å². The normalized spacial score (nSPS) is 23.4. The molecule has 0 atom stereocenters. The third-order valence-corrected chi connectivity index (χ3v) is 9.09. The van der Waals surface area contributed by atoms with Gasteiger partial charge in [-0.15, -0.1) is 0 Å². The van der Waals surface area contributed by atoms with Crippen molar-refractivity contribution in [1.82, 2.24) is 62.8 Å². The van der Waals surface area contributed by atoms with Gasteiger partial charge in [0.25, 0.3) is 0 Å². The Morgan fingerprint density at radius 3 is 0.854 bits per heavy atom. The number of aromatic nitrogens is 3. The van der Waals surface area contributed by atoms with Gasteiger partial charge in [-0.3, -0.25) is 0 Å². The highest BCUT2D eigenvalue weighted by atomic mass is 15.4.